The number of fused-ring (bicyclic) bond motifs is 2. The molecule has 0 saturated carbocycles. The van der Waals surface area contributed by atoms with E-state index in [0.29, 0.717) is 109 Å². The minimum atomic E-state index is -0.349. The molecule has 2 aromatic rings. The van der Waals surface area contributed by atoms with Gasteiger partial charge in [-0.3, -0.25) is 4.79 Å². The minimum Gasteiger partial charge on any atom is -0.487 e. The minimum absolute atomic E-state index is 0.108. The zero-order valence-corrected chi connectivity index (χ0v) is 22.8. The van der Waals surface area contributed by atoms with Crippen molar-refractivity contribution in [3.8, 4) is 35.3 Å². The molecule has 0 N–H and O–H groups in total. The molecule has 10 heteroatoms. The van der Waals surface area contributed by atoms with Crippen LogP contribution in [0, 0.1) is 12.3 Å². The Morgan fingerprint density at radius 3 is 1.60 bits per heavy atom. The van der Waals surface area contributed by atoms with Crippen molar-refractivity contribution in [2.45, 2.75) is 19.4 Å². The second-order valence-electron chi connectivity index (χ2n) is 8.44. The molecule has 0 fully saturated rings. The highest BCUT2D eigenvalue weighted by atomic mass is 16.6. The first-order valence-corrected chi connectivity index (χ1v) is 13.4. The van der Waals surface area contributed by atoms with Crippen molar-refractivity contribution in [1.82, 2.24) is 0 Å². The standard InChI is InChI=1S/C30H38O10/c1-2-3-8-30(31)40-24-25-9-10-28-29(23-25)39-22-18-35-14-13-33-16-20-37-27-7-5-4-6-26(27)36-19-15-32-11-12-34-17-21-38-28/h1,4-7,9-10,23H,3,8,11-22,24H2. The zero-order chi connectivity index (χ0) is 28.1. The van der Waals surface area contributed by atoms with Crippen LogP contribution in [0.15, 0.2) is 42.5 Å². The lowest BCUT2D eigenvalue weighted by molar-refractivity contribution is -0.144. The highest BCUT2D eigenvalue weighted by Crippen LogP contribution is 2.29. The molecule has 40 heavy (non-hydrogen) atoms. The molecule has 0 bridgehead atoms. The molecule has 0 atom stereocenters. The second-order valence-corrected chi connectivity index (χ2v) is 8.44. The predicted octanol–water partition coefficient (Wildman–Crippen LogP) is 3.44. The molecule has 0 aromatic heterocycles. The van der Waals surface area contributed by atoms with Gasteiger partial charge in [0.15, 0.2) is 23.0 Å². The summed E-state index contributed by atoms with van der Waals surface area (Å²) >= 11 is 0. The summed E-state index contributed by atoms with van der Waals surface area (Å²) in [6.45, 7) is 4.77. The van der Waals surface area contributed by atoms with Crippen molar-refractivity contribution < 1.29 is 47.4 Å². The lowest BCUT2D eigenvalue weighted by atomic mass is 10.2. The predicted molar refractivity (Wildman–Crippen MR) is 146 cm³/mol. The van der Waals surface area contributed by atoms with Gasteiger partial charge in [-0.25, -0.2) is 0 Å². The van der Waals surface area contributed by atoms with E-state index in [9.17, 15) is 4.79 Å². The molecule has 0 saturated heterocycles. The van der Waals surface area contributed by atoms with Gasteiger partial charge in [-0.1, -0.05) is 18.2 Å². The third-order valence-corrected chi connectivity index (χ3v) is 5.42. The molecule has 1 aliphatic rings. The maximum Gasteiger partial charge on any atom is 0.307 e. The molecule has 1 heterocycles. The Morgan fingerprint density at radius 2 is 1.10 bits per heavy atom. The van der Waals surface area contributed by atoms with Crippen LogP contribution in [0.5, 0.6) is 23.0 Å². The largest absolute Gasteiger partial charge is 0.487 e. The Kier molecular flexibility index (Phi) is 15.2. The van der Waals surface area contributed by atoms with E-state index in [1.165, 1.54) is 0 Å². The van der Waals surface area contributed by atoms with Crippen molar-refractivity contribution >= 4 is 5.97 Å². The van der Waals surface area contributed by atoms with Crippen LogP contribution in [-0.2, 0) is 35.1 Å². The van der Waals surface area contributed by atoms with E-state index in [1.54, 1.807) is 12.1 Å². The number of benzene rings is 2. The highest BCUT2D eigenvalue weighted by Gasteiger charge is 2.10. The van der Waals surface area contributed by atoms with Gasteiger partial charge < -0.3 is 42.6 Å². The third-order valence-electron chi connectivity index (χ3n) is 5.42. The van der Waals surface area contributed by atoms with Crippen LogP contribution >= 0.6 is 0 Å². The first-order chi connectivity index (χ1) is 19.8. The molecule has 0 spiro atoms. The van der Waals surface area contributed by atoms with E-state index in [2.05, 4.69) is 5.92 Å². The number of carbonyl (C=O) groups excluding carboxylic acids is 1. The smallest absolute Gasteiger partial charge is 0.307 e. The summed E-state index contributed by atoms with van der Waals surface area (Å²) in [5.41, 5.74) is 0.765. The number of hydrogen-bond acceptors (Lipinski definition) is 10. The Labute approximate surface area is 235 Å². The van der Waals surface area contributed by atoms with Gasteiger partial charge in [0, 0.05) is 6.42 Å². The Morgan fingerprint density at radius 1 is 0.650 bits per heavy atom. The first kappa shape index (κ1) is 31.0. The normalized spacial score (nSPS) is 16.6. The van der Waals surface area contributed by atoms with Crippen molar-refractivity contribution in [3.05, 3.63) is 48.0 Å². The maximum atomic E-state index is 11.8. The van der Waals surface area contributed by atoms with E-state index in [1.807, 2.05) is 30.3 Å². The van der Waals surface area contributed by atoms with Crippen molar-refractivity contribution in [3.63, 3.8) is 0 Å². The SMILES string of the molecule is C#CCCC(=O)OCc1ccc2c(c1)OCCOCCOCCOc1ccccc1OCCOCCOCCO2. The number of carbonyl (C=O) groups is 1. The van der Waals surface area contributed by atoms with Gasteiger partial charge in [0.25, 0.3) is 0 Å². The summed E-state index contributed by atoms with van der Waals surface area (Å²) in [6.07, 6.45) is 5.73. The van der Waals surface area contributed by atoms with Crippen LogP contribution in [0.4, 0.5) is 0 Å². The van der Waals surface area contributed by atoms with Crippen LogP contribution in [0.3, 0.4) is 0 Å². The van der Waals surface area contributed by atoms with E-state index in [4.69, 9.17) is 49.1 Å². The Hall–Kier alpha value is -3.49. The lowest BCUT2D eigenvalue weighted by Crippen LogP contribution is -2.15. The number of terminal acetylenes is 1. The summed E-state index contributed by atoms with van der Waals surface area (Å²) in [6, 6.07) is 12.9. The molecule has 0 unspecified atom stereocenters. The zero-order valence-electron chi connectivity index (χ0n) is 22.8. The molecule has 0 radical (unpaired) electrons. The second kappa shape index (κ2) is 19.6. The summed E-state index contributed by atoms with van der Waals surface area (Å²) in [4.78, 5) is 11.8. The fourth-order valence-electron chi connectivity index (χ4n) is 3.46. The van der Waals surface area contributed by atoms with Crippen LogP contribution in [0.2, 0.25) is 0 Å². The summed E-state index contributed by atoms with van der Waals surface area (Å²) < 4.78 is 51.1. The van der Waals surface area contributed by atoms with Crippen molar-refractivity contribution in [2.24, 2.45) is 0 Å². The third kappa shape index (κ3) is 12.6. The summed E-state index contributed by atoms with van der Waals surface area (Å²) in [5.74, 6) is 4.47. The van der Waals surface area contributed by atoms with E-state index >= 15 is 0 Å². The quantitative estimate of drug-likeness (QED) is 0.410. The van der Waals surface area contributed by atoms with Crippen LogP contribution in [0.25, 0.3) is 0 Å². The number of ether oxygens (including phenoxy) is 9. The van der Waals surface area contributed by atoms with Gasteiger partial charge in [0.1, 0.15) is 33.0 Å². The van der Waals surface area contributed by atoms with Gasteiger partial charge in [-0.05, 0) is 29.8 Å². The van der Waals surface area contributed by atoms with Gasteiger partial charge in [0.2, 0.25) is 0 Å². The fourth-order valence-corrected chi connectivity index (χ4v) is 3.46. The Balaban J connectivity index is 1.50. The summed E-state index contributed by atoms with van der Waals surface area (Å²) in [7, 11) is 0. The first-order valence-electron chi connectivity index (χ1n) is 13.4. The molecule has 0 aliphatic carbocycles. The topological polar surface area (TPSA) is 100 Å². The fraction of sp³-hybridized carbons (Fsp3) is 0.500. The van der Waals surface area contributed by atoms with Crippen LogP contribution < -0.4 is 18.9 Å². The van der Waals surface area contributed by atoms with E-state index in [0.717, 1.165) is 5.56 Å². The van der Waals surface area contributed by atoms with Gasteiger partial charge >= 0.3 is 5.97 Å². The number of hydrogen-bond donors (Lipinski definition) is 0. The number of rotatable bonds is 4. The van der Waals surface area contributed by atoms with Crippen molar-refractivity contribution in [1.29, 1.82) is 0 Å². The molecule has 1 aliphatic heterocycles. The Bertz CT molecular complexity index is 1040. The lowest BCUT2D eigenvalue weighted by Gasteiger charge is -2.15. The van der Waals surface area contributed by atoms with Crippen LogP contribution in [-0.4, -0.2) is 85.3 Å². The van der Waals surface area contributed by atoms with E-state index in [-0.39, 0.29) is 19.0 Å². The molecule has 10 nitrogen and oxygen atoms in total. The maximum absolute atomic E-state index is 11.8. The molecule has 2 aromatic carbocycles. The van der Waals surface area contributed by atoms with Gasteiger partial charge in [0.05, 0.1) is 59.3 Å². The average Bonchev–Trinajstić information content (AvgIpc) is 2.97. The monoisotopic (exact) mass is 558 g/mol. The molecule has 3 rings (SSSR count). The number of esters is 1. The van der Waals surface area contributed by atoms with Gasteiger partial charge in [-0.15, -0.1) is 12.3 Å². The van der Waals surface area contributed by atoms with E-state index < -0.39 is 0 Å². The van der Waals surface area contributed by atoms with Gasteiger partial charge in [-0.2, -0.15) is 0 Å². The molecular weight excluding hydrogens is 520 g/mol. The van der Waals surface area contributed by atoms with Crippen LogP contribution in [0.1, 0.15) is 18.4 Å². The molecular formula is C30H38O10. The molecule has 218 valence electrons. The highest BCUT2D eigenvalue weighted by molar-refractivity contribution is 5.69. The number of para-hydroxylation sites is 2. The average molecular weight is 559 g/mol. The molecule has 0 amide bonds. The summed E-state index contributed by atoms with van der Waals surface area (Å²) in [5, 5.41) is 0. The van der Waals surface area contributed by atoms with Crippen molar-refractivity contribution in [2.75, 3.05) is 79.3 Å².